The molecule has 4 bridgehead atoms. The van der Waals surface area contributed by atoms with Gasteiger partial charge in [-0.3, -0.25) is 9.59 Å². The van der Waals surface area contributed by atoms with E-state index in [4.69, 9.17) is 0 Å². The molecule has 2 amide bonds. The fourth-order valence-corrected chi connectivity index (χ4v) is 5.77. The largest absolute Gasteiger partial charge is 0.435 e. The highest BCUT2D eigenvalue weighted by molar-refractivity contribution is 5.97. The smallest absolute Gasteiger partial charge is 0.387 e. The van der Waals surface area contributed by atoms with E-state index in [1.807, 2.05) is 0 Å². The first kappa shape index (κ1) is 19.2. The van der Waals surface area contributed by atoms with Gasteiger partial charge in [0.05, 0.1) is 0 Å². The van der Waals surface area contributed by atoms with Crippen LogP contribution in [0.25, 0.3) is 0 Å². The van der Waals surface area contributed by atoms with Crippen LogP contribution in [0.5, 0.6) is 5.75 Å². The normalized spacial score (nSPS) is 31.5. The van der Waals surface area contributed by atoms with Gasteiger partial charge in [-0.05, 0) is 87.5 Å². The molecule has 1 atom stereocenters. The maximum atomic E-state index is 13.0. The van der Waals surface area contributed by atoms with E-state index in [-0.39, 0.29) is 23.0 Å². The molecule has 0 saturated heterocycles. The van der Waals surface area contributed by atoms with Crippen LogP contribution in [-0.4, -0.2) is 24.5 Å². The molecule has 0 radical (unpaired) electrons. The average Bonchev–Trinajstić information content (AvgIpc) is 2.61. The number of benzene rings is 1. The standard InChI is InChI=1S/C21H26F2N2O3/c1-12(18(26)25-16-2-4-17(5-3-16)28-20(22)23)24-19(27)21-9-13-6-14(10-21)8-15(7-13)11-21/h2-5,12-15,20H,6-11H2,1H3,(H,24,27)(H,25,26)/t12-,13?,14?,15?,21?/m0/s1. The topological polar surface area (TPSA) is 67.4 Å². The molecule has 1 aromatic carbocycles. The number of carbonyl (C=O) groups is 2. The number of ether oxygens (including phenoxy) is 1. The van der Waals surface area contributed by atoms with Gasteiger partial charge in [-0.25, -0.2) is 0 Å². The van der Waals surface area contributed by atoms with E-state index in [1.165, 1.54) is 43.5 Å². The van der Waals surface area contributed by atoms with Crippen LogP contribution in [0, 0.1) is 23.2 Å². The highest BCUT2D eigenvalue weighted by Crippen LogP contribution is 2.60. The molecule has 0 spiro atoms. The molecule has 0 aromatic heterocycles. The minimum Gasteiger partial charge on any atom is -0.435 e. The Bertz CT molecular complexity index is 715. The van der Waals surface area contributed by atoms with Crippen molar-refractivity contribution in [1.82, 2.24) is 5.32 Å². The van der Waals surface area contributed by atoms with Crippen molar-refractivity contribution in [2.45, 2.75) is 58.1 Å². The third-order valence-electron chi connectivity index (χ3n) is 6.61. The summed E-state index contributed by atoms with van der Waals surface area (Å²) < 4.78 is 28.7. The average molecular weight is 392 g/mol. The van der Waals surface area contributed by atoms with Gasteiger partial charge < -0.3 is 15.4 Å². The summed E-state index contributed by atoms with van der Waals surface area (Å²) in [5.74, 6) is 1.69. The van der Waals surface area contributed by atoms with Crippen molar-refractivity contribution in [2.24, 2.45) is 23.2 Å². The molecule has 152 valence electrons. The van der Waals surface area contributed by atoms with Crippen LogP contribution in [-0.2, 0) is 9.59 Å². The first-order chi connectivity index (χ1) is 13.3. The SMILES string of the molecule is C[C@H](NC(=O)C12CC3CC(CC(C3)C1)C2)C(=O)Nc1ccc(OC(F)F)cc1. The number of amides is 2. The van der Waals surface area contributed by atoms with Gasteiger partial charge in [-0.2, -0.15) is 8.78 Å². The summed E-state index contributed by atoms with van der Waals surface area (Å²) in [5, 5.41) is 5.62. The molecule has 5 nitrogen and oxygen atoms in total. The van der Waals surface area contributed by atoms with Gasteiger partial charge in [0.25, 0.3) is 0 Å². The van der Waals surface area contributed by atoms with Gasteiger partial charge in [0, 0.05) is 11.1 Å². The first-order valence-corrected chi connectivity index (χ1v) is 10.00. The van der Waals surface area contributed by atoms with Gasteiger partial charge in [0.1, 0.15) is 11.8 Å². The van der Waals surface area contributed by atoms with Crippen molar-refractivity contribution >= 4 is 17.5 Å². The fraction of sp³-hybridized carbons (Fsp3) is 0.619. The molecule has 4 aliphatic carbocycles. The molecular formula is C21H26F2N2O3. The second-order valence-corrected chi connectivity index (χ2v) is 8.79. The molecule has 7 heteroatoms. The Balaban J connectivity index is 1.34. The Kier molecular flexibility index (Phi) is 5.02. The van der Waals surface area contributed by atoms with Crippen LogP contribution < -0.4 is 15.4 Å². The molecule has 4 fully saturated rings. The van der Waals surface area contributed by atoms with Crippen LogP contribution in [0.4, 0.5) is 14.5 Å². The molecule has 0 aliphatic heterocycles. The molecule has 1 aromatic rings. The number of halogens is 2. The first-order valence-electron chi connectivity index (χ1n) is 10.00. The number of rotatable bonds is 6. The highest BCUT2D eigenvalue weighted by Gasteiger charge is 2.54. The third-order valence-corrected chi connectivity index (χ3v) is 6.61. The van der Waals surface area contributed by atoms with Gasteiger partial charge in [0.15, 0.2) is 0 Å². The van der Waals surface area contributed by atoms with Gasteiger partial charge in [-0.1, -0.05) is 0 Å². The second-order valence-electron chi connectivity index (χ2n) is 8.79. The maximum absolute atomic E-state index is 13.0. The Morgan fingerprint density at radius 1 is 1.04 bits per heavy atom. The predicted octanol–water partition coefficient (Wildman–Crippen LogP) is 3.95. The lowest BCUT2D eigenvalue weighted by Gasteiger charge is -2.55. The summed E-state index contributed by atoms with van der Waals surface area (Å²) in [5.41, 5.74) is 0.167. The van der Waals surface area contributed by atoms with E-state index < -0.39 is 12.7 Å². The minimum atomic E-state index is -2.89. The van der Waals surface area contributed by atoms with Gasteiger partial charge in [-0.15, -0.1) is 0 Å². The van der Waals surface area contributed by atoms with Crippen LogP contribution >= 0.6 is 0 Å². The second kappa shape index (κ2) is 7.33. The summed E-state index contributed by atoms with van der Waals surface area (Å²) in [6.45, 7) is -1.22. The zero-order chi connectivity index (χ0) is 19.9. The fourth-order valence-electron chi connectivity index (χ4n) is 5.77. The third kappa shape index (κ3) is 3.84. The van der Waals surface area contributed by atoms with Crippen molar-refractivity contribution in [2.75, 3.05) is 5.32 Å². The molecule has 2 N–H and O–H groups in total. The number of alkyl halides is 2. The van der Waals surface area contributed by atoms with Crippen molar-refractivity contribution in [1.29, 1.82) is 0 Å². The number of anilines is 1. The van der Waals surface area contributed by atoms with Crippen molar-refractivity contribution in [3.8, 4) is 5.75 Å². The van der Waals surface area contributed by atoms with Crippen molar-refractivity contribution in [3.63, 3.8) is 0 Å². The molecular weight excluding hydrogens is 366 g/mol. The van der Waals surface area contributed by atoms with E-state index in [1.54, 1.807) is 6.92 Å². The van der Waals surface area contributed by atoms with E-state index >= 15 is 0 Å². The van der Waals surface area contributed by atoms with Crippen LogP contribution in [0.3, 0.4) is 0 Å². The molecule has 4 aliphatic rings. The van der Waals surface area contributed by atoms with E-state index in [2.05, 4.69) is 15.4 Å². The Morgan fingerprint density at radius 3 is 2.07 bits per heavy atom. The molecule has 4 saturated carbocycles. The summed E-state index contributed by atoms with van der Waals surface area (Å²) >= 11 is 0. The van der Waals surface area contributed by atoms with E-state index in [9.17, 15) is 18.4 Å². The summed E-state index contributed by atoms with van der Waals surface area (Å²) in [4.78, 5) is 25.5. The molecule has 0 heterocycles. The lowest BCUT2D eigenvalue weighted by atomic mass is 9.49. The quantitative estimate of drug-likeness (QED) is 0.770. The number of carbonyl (C=O) groups excluding carboxylic acids is 2. The van der Waals surface area contributed by atoms with E-state index in [0.29, 0.717) is 23.4 Å². The van der Waals surface area contributed by atoms with Crippen molar-refractivity contribution < 1.29 is 23.1 Å². The lowest BCUT2D eigenvalue weighted by molar-refractivity contribution is -0.147. The van der Waals surface area contributed by atoms with Crippen LogP contribution in [0.1, 0.15) is 45.4 Å². The van der Waals surface area contributed by atoms with E-state index in [0.717, 1.165) is 19.3 Å². The highest BCUT2D eigenvalue weighted by atomic mass is 19.3. The summed E-state index contributed by atoms with van der Waals surface area (Å²) in [6.07, 6.45) is 6.62. The van der Waals surface area contributed by atoms with Crippen molar-refractivity contribution in [3.05, 3.63) is 24.3 Å². The number of hydrogen-bond acceptors (Lipinski definition) is 3. The number of hydrogen-bond donors (Lipinski definition) is 2. The zero-order valence-corrected chi connectivity index (χ0v) is 15.9. The predicted molar refractivity (Wildman–Crippen MR) is 99.9 cm³/mol. The Morgan fingerprint density at radius 2 is 1.57 bits per heavy atom. The van der Waals surface area contributed by atoms with Gasteiger partial charge >= 0.3 is 6.61 Å². The van der Waals surface area contributed by atoms with Gasteiger partial charge in [0.2, 0.25) is 11.8 Å². The zero-order valence-electron chi connectivity index (χ0n) is 15.9. The van der Waals surface area contributed by atoms with Crippen LogP contribution in [0.2, 0.25) is 0 Å². The molecule has 28 heavy (non-hydrogen) atoms. The minimum absolute atomic E-state index is 0.00920. The van der Waals surface area contributed by atoms with Crippen LogP contribution in [0.15, 0.2) is 24.3 Å². The lowest BCUT2D eigenvalue weighted by Crippen LogP contribution is -2.56. The number of nitrogens with one attached hydrogen (secondary N) is 2. The Hall–Kier alpha value is -2.18. The molecule has 0 unspecified atom stereocenters. The molecule has 5 rings (SSSR count). The maximum Gasteiger partial charge on any atom is 0.387 e. The Labute approximate surface area is 163 Å². The summed E-state index contributed by atoms with van der Waals surface area (Å²) in [7, 11) is 0. The summed E-state index contributed by atoms with van der Waals surface area (Å²) in [6, 6.07) is 5.03. The monoisotopic (exact) mass is 392 g/mol.